The molecule has 0 spiro atoms. The molecule has 3 heteroatoms. The molecule has 1 aliphatic rings. The fourth-order valence-electron chi connectivity index (χ4n) is 3.21. The van der Waals surface area contributed by atoms with Crippen LogP contribution < -0.4 is 0 Å². The van der Waals surface area contributed by atoms with Crippen molar-refractivity contribution in [1.82, 2.24) is 9.80 Å². The lowest BCUT2D eigenvalue weighted by Crippen LogP contribution is -2.49. The zero-order chi connectivity index (χ0) is 15.5. The standard InChI is InChI=1S/C18H28N2O/c1-18(2,14-15-8-6-5-7-9-15)17(21)20(4)16-10-12-19(3)13-11-16/h5-9,16H,10-14H2,1-4H3. The maximum Gasteiger partial charge on any atom is 0.228 e. The van der Waals surface area contributed by atoms with Crippen molar-refractivity contribution >= 4 is 5.91 Å². The van der Waals surface area contributed by atoms with E-state index in [9.17, 15) is 4.79 Å². The third-order valence-corrected chi connectivity index (χ3v) is 4.62. The lowest BCUT2D eigenvalue weighted by atomic mass is 9.83. The highest BCUT2D eigenvalue weighted by atomic mass is 16.2. The van der Waals surface area contributed by atoms with Gasteiger partial charge in [0, 0.05) is 18.5 Å². The predicted octanol–water partition coefficient (Wildman–Crippen LogP) is 2.81. The van der Waals surface area contributed by atoms with E-state index in [1.54, 1.807) is 0 Å². The Kier molecular flexibility index (Phi) is 5.04. The van der Waals surface area contributed by atoms with E-state index in [1.165, 1.54) is 5.56 Å². The molecule has 21 heavy (non-hydrogen) atoms. The monoisotopic (exact) mass is 288 g/mol. The number of likely N-dealkylation sites (tertiary alicyclic amines) is 1. The largest absolute Gasteiger partial charge is 0.342 e. The van der Waals surface area contributed by atoms with Crippen LogP contribution in [-0.4, -0.2) is 48.9 Å². The van der Waals surface area contributed by atoms with Crippen molar-refractivity contribution in [2.24, 2.45) is 5.41 Å². The van der Waals surface area contributed by atoms with Gasteiger partial charge >= 0.3 is 0 Å². The zero-order valence-electron chi connectivity index (χ0n) is 13.8. The molecule has 116 valence electrons. The molecule has 0 bridgehead atoms. The number of rotatable bonds is 4. The Morgan fingerprint density at radius 3 is 2.38 bits per heavy atom. The molecule has 2 rings (SSSR count). The van der Waals surface area contributed by atoms with E-state index in [0.717, 1.165) is 32.4 Å². The van der Waals surface area contributed by atoms with E-state index < -0.39 is 0 Å². The van der Waals surface area contributed by atoms with Gasteiger partial charge in [-0.25, -0.2) is 0 Å². The third-order valence-electron chi connectivity index (χ3n) is 4.62. The Bertz CT molecular complexity index is 461. The molecule has 0 aliphatic carbocycles. The van der Waals surface area contributed by atoms with Gasteiger partial charge in [0.25, 0.3) is 0 Å². The van der Waals surface area contributed by atoms with Crippen LogP contribution in [0.15, 0.2) is 30.3 Å². The summed E-state index contributed by atoms with van der Waals surface area (Å²) in [4.78, 5) is 17.2. The molecule has 1 aromatic carbocycles. The third kappa shape index (κ3) is 4.07. The number of benzene rings is 1. The fourth-order valence-corrected chi connectivity index (χ4v) is 3.21. The Labute approximate surface area is 128 Å². The van der Waals surface area contributed by atoms with Crippen LogP contribution in [0.2, 0.25) is 0 Å². The van der Waals surface area contributed by atoms with Crippen molar-refractivity contribution in [1.29, 1.82) is 0 Å². The second-order valence-corrected chi connectivity index (χ2v) is 7.00. The molecular weight excluding hydrogens is 260 g/mol. The summed E-state index contributed by atoms with van der Waals surface area (Å²) in [6, 6.07) is 10.7. The maximum absolute atomic E-state index is 12.9. The molecule has 0 saturated carbocycles. The van der Waals surface area contributed by atoms with Crippen LogP contribution in [0.1, 0.15) is 32.3 Å². The molecule has 3 nitrogen and oxygen atoms in total. The molecule has 1 heterocycles. The molecule has 1 amide bonds. The average Bonchev–Trinajstić information content (AvgIpc) is 2.47. The van der Waals surface area contributed by atoms with Crippen molar-refractivity contribution < 1.29 is 4.79 Å². The lowest BCUT2D eigenvalue weighted by Gasteiger charge is -2.38. The van der Waals surface area contributed by atoms with Crippen molar-refractivity contribution in [3.8, 4) is 0 Å². The molecular formula is C18H28N2O. The highest BCUT2D eigenvalue weighted by molar-refractivity contribution is 5.82. The molecule has 1 fully saturated rings. The first-order valence-corrected chi connectivity index (χ1v) is 7.90. The van der Waals surface area contributed by atoms with Crippen LogP contribution in [0.5, 0.6) is 0 Å². The highest BCUT2D eigenvalue weighted by Crippen LogP contribution is 2.27. The van der Waals surface area contributed by atoms with Gasteiger partial charge in [0.15, 0.2) is 0 Å². The summed E-state index contributed by atoms with van der Waals surface area (Å²) in [6.07, 6.45) is 2.96. The van der Waals surface area contributed by atoms with Crippen LogP contribution in [0.25, 0.3) is 0 Å². The molecule has 1 aliphatic heterocycles. The Morgan fingerprint density at radius 1 is 1.24 bits per heavy atom. The Morgan fingerprint density at radius 2 is 1.81 bits per heavy atom. The number of hydrogen-bond acceptors (Lipinski definition) is 2. The second kappa shape index (κ2) is 6.61. The number of amides is 1. The summed E-state index contributed by atoms with van der Waals surface area (Å²) in [5.41, 5.74) is 0.882. The topological polar surface area (TPSA) is 23.6 Å². The van der Waals surface area contributed by atoms with Crippen LogP contribution in [0.3, 0.4) is 0 Å². The van der Waals surface area contributed by atoms with Gasteiger partial charge in [0.05, 0.1) is 0 Å². The minimum atomic E-state index is -0.348. The Balaban J connectivity index is 2.00. The SMILES string of the molecule is CN1CCC(N(C)C(=O)C(C)(C)Cc2ccccc2)CC1. The quantitative estimate of drug-likeness (QED) is 0.850. The average molecular weight is 288 g/mol. The lowest BCUT2D eigenvalue weighted by molar-refractivity contribution is -0.142. The number of hydrogen-bond donors (Lipinski definition) is 0. The molecule has 0 atom stereocenters. The fraction of sp³-hybridized carbons (Fsp3) is 0.611. The van der Waals surface area contributed by atoms with Crippen LogP contribution in [0, 0.1) is 5.41 Å². The van der Waals surface area contributed by atoms with E-state index in [0.29, 0.717) is 6.04 Å². The number of carbonyl (C=O) groups excluding carboxylic acids is 1. The van der Waals surface area contributed by atoms with Crippen LogP contribution in [0.4, 0.5) is 0 Å². The van der Waals surface area contributed by atoms with Gasteiger partial charge in [-0.2, -0.15) is 0 Å². The van der Waals surface area contributed by atoms with Gasteiger partial charge in [-0.3, -0.25) is 4.79 Å². The molecule has 0 radical (unpaired) electrons. The summed E-state index contributed by atoms with van der Waals surface area (Å²) in [5, 5.41) is 0. The number of carbonyl (C=O) groups is 1. The van der Waals surface area contributed by atoms with Gasteiger partial charge in [-0.1, -0.05) is 44.2 Å². The van der Waals surface area contributed by atoms with Crippen molar-refractivity contribution in [3.63, 3.8) is 0 Å². The molecule has 0 N–H and O–H groups in total. The highest BCUT2D eigenvalue weighted by Gasteiger charge is 2.34. The number of piperidine rings is 1. The summed E-state index contributed by atoms with van der Waals surface area (Å²) in [7, 11) is 4.13. The van der Waals surface area contributed by atoms with Gasteiger partial charge in [-0.05, 0) is 45.0 Å². The van der Waals surface area contributed by atoms with Crippen LogP contribution >= 0.6 is 0 Å². The molecule has 1 saturated heterocycles. The minimum absolute atomic E-state index is 0.265. The first-order valence-electron chi connectivity index (χ1n) is 7.90. The van der Waals surface area contributed by atoms with E-state index in [4.69, 9.17) is 0 Å². The van der Waals surface area contributed by atoms with Crippen molar-refractivity contribution in [2.45, 2.75) is 39.2 Å². The van der Waals surface area contributed by atoms with Gasteiger partial charge in [0.1, 0.15) is 0 Å². The number of nitrogens with zero attached hydrogens (tertiary/aromatic N) is 2. The van der Waals surface area contributed by atoms with Crippen molar-refractivity contribution in [3.05, 3.63) is 35.9 Å². The van der Waals surface area contributed by atoms with Gasteiger partial charge in [0.2, 0.25) is 5.91 Å². The van der Waals surface area contributed by atoms with E-state index in [-0.39, 0.29) is 11.3 Å². The first-order chi connectivity index (χ1) is 9.90. The van der Waals surface area contributed by atoms with Gasteiger partial charge in [-0.15, -0.1) is 0 Å². The van der Waals surface area contributed by atoms with Gasteiger partial charge < -0.3 is 9.80 Å². The maximum atomic E-state index is 12.9. The summed E-state index contributed by atoms with van der Waals surface area (Å²) in [6.45, 7) is 6.30. The summed E-state index contributed by atoms with van der Waals surface area (Å²) >= 11 is 0. The predicted molar refractivity (Wildman–Crippen MR) is 87.2 cm³/mol. The minimum Gasteiger partial charge on any atom is -0.342 e. The van der Waals surface area contributed by atoms with E-state index >= 15 is 0 Å². The van der Waals surface area contributed by atoms with E-state index in [1.807, 2.05) is 30.1 Å². The summed E-state index contributed by atoms with van der Waals surface area (Å²) in [5.74, 6) is 0.265. The second-order valence-electron chi connectivity index (χ2n) is 7.00. The summed E-state index contributed by atoms with van der Waals surface area (Å²) < 4.78 is 0. The molecule has 0 unspecified atom stereocenters. The van der Waals surface area contributed by atoms with Crippen LogP contribution in [-0.2, 0) is 11.2 Å². The molecule has 1 aromatic rings. The normalized spacial score (nSPS) is 17.7. The first kappa shape index (κ1) is 16.0. The smallest absolute Gasteiger partial charge is 0.228 e. The van der Waals surface area contributed by atoms with E-state index in [2.05, 4.69) is 37.9 Å². The van der Waals surface area contributed by atoms with Crippen molar-refractivity contribution in [2.75, 3.05) is 27.2 Å². The zero-order valence-corrected chi connectivity index (χ0v) is 13.8. The Hall–Kier alpha value is -1.35. The molecule has 0 aromatic heterocycles.